The van der Waals surface area contributed by atoms with Crippen LogP contribution in [0.15, 0.2) is 40.9 Å². The number of H-pyrrole nitrogens is 1. The molecule has 5 heteroatoms. The van der Waals surface area contributed by atoms with Crippen LogP contribution in [0.2, 0.25) is 5.02 Å². The van der Waals surface area contributed by atoms with E-state index in [0.717, 1.165) is 26.9 Å². The second-order valence-electron chi connectivity index (χ2n) is 3.96. The van der Waals surface area contributed by atoms with Gasteiger partial charge in [-0.3, -0.25) is 0 Å². The molecule has 90 valence electrons. The van der Waals surface area contributed by atoms with Crippen LogP contribution in [0.1, 0.15) is 0 Å². The molecule has 2 aromatic carbocycles. The molecule has 0 radical (unpaired) electrons. The van der Waals surface area contributed by atoms with Crippen LogP contribution < -0.4 is 5.73 Å². The molecule has 3 N–H and O–H groups in total. The first-order chi connectivity index (χ1) is 8.65. The van der Waals surface area contributed by atoms with Crippen LogP contribution in [0.25, 0.3) is 22.4 Å². The molecule has 0 atom stereocenters. The molecule has 0 spiro atoms. The minimum absolute atomic E-state index is 0.677. The van der Waals surface area contributed by atoms with Crippen molar-refractivity contribution in [1.82, 2.24) is 9.97 Å². The number of aromatic nitrogens is 2. The van der Waals surface area contributed by atoms with Crippen LogP contribution in [0.3, 0.4) is 0 Å². The molecule has 18 heavy (non-hydrogen) atoms. The Bertz CT molecular complexity index is 719. The van der Waals surface area contributed by atoms with E-state index < -0.39 is 0 Å². The van der Waals surface area contributed by atoms with Crippen LogP contribution in [-0.2, 0) is 0 Å². The standard InChI is InChI=1S/C13H9BrClN3/c14-11-9(16)5-6-10-12(11)18-13(17-10)7-1-3-8(15)4-2-7/h1-6H,16H2,(H,17,18). The number of nitrogen functional groups attached to an aromatic ring is 1. The zero-order chi connectivity index (χ0) is 12.7. The summed E-state index contributed by atoms with van der Waals surface area (Å²) in [5.74, 6) is 0.799. The summed E-state index contributed by atoms with van der Waals surface area (Å²) >= 11 is 9.32. The highest BCUT2D eigenvalue weighted by atomic mass is 79.9. The van der Waals surface area contributed by atoms with Gasteiger partial charge in [0.1, 0.15) is 11.3 Å². The Morgan fingerprint density at radius 2 is 1.83 bits per heavy atom. The average Bonchev–Trinajstić information content (AvgIpc) is 2.80. The number of halogens is 2. The number of imidazole rings is 1. The van der Waals surface area contributed by atoms with Gasteiger partial charge < -0.3 is 10.7 Å². The molecule has 0 fully saturated rings. The van der Waals surface area contributed by atoms with E-state index in [1.54, 1.807) is 0 Å². The quantitative estimate of drug-likeness (QED) is 0.659. The van der Waals surface area contributed by atoms with Crippen LogP contribution in [0, 0.1) is 0 Å². The molecular weight excluding hydrogens is 314 g/mol. The zero-order valence-corrected chi connectivity index (χ0v) is 11.6. The molecule has 0 saturated heterocycles. The van der Waals surface area contributed by atoms with Crippen molar-refractivity contribution in [3.63, 3.8) is 0 Å². The molecule has 0 aliphatic rings. The molecule has 1 heterocycles. The van der Waals surface area contributed by atoms with Gasteiger partial charge >= 0.3 is 0 Å². The summed E-state index contributed by atoms with van der Waals surface area (Å²) in [5, 5.41) is 0.709. The van der Waals surface area contributed by atoms with Crippen molar-refractivity contribution >= 4 is 44.3 Å². The molecule has 3 aromatic rings. The fourth-order valence-electron chi connectivity index (χ4n) is 1.80. The normalized spacial score (nSPS) is 11.0. The van der Waals surface area contributed by atoms with Crippen LogP contribution in [0.4, 0.5) is 5.69 Å². The topological polar surface area (TPSA) is 54.7 Å². The summed E-state index contributed by atoms with van der Waals surface area (Å²) in [6.07, 6.45) is 0. The number of rotatable bonds is 1. The number of benzene rings is 2. The molecule has 0 bridgehead atoms. The monoisotopic (exact) mass is 321 g/mol. The SMILES string of the molecule is Nc1ccc2[nH]c(-c3ccc(Cl)cc3)nc2c1Br. The molecule has 3 nitrogen and oxygen atoms in total. The Morgan fingerprint density at radius 1 is 1.11 bits per heavy atom. The average molecular weight is 323 g/mol. The molecular formula is C13H9BrClN3. The second kappa shape index (κ2) is 4.30. The van der Waals surface area contributed by atoms with E-state index in [-0.39, 0.29) is 0 Å². The minimum atomic E-state index is 0.677. The summed E-state index contributed by atoms with van der Waals surface area (Å²) in [4.78, 5) is 7.81. The van der Waals surface area contributed by atoms with Gasteiger partial charge in [0.25, 0.3) is 0 Å². The van der Waals surface area contributed by atoms with Gasteiger partial charge in [-0.25, -0.2) is 4.98 Å². The summed E-state index contributed by atoms with van der Waals surface area (Å²) in [6.45, 7) is 0. The van der Waals surface area contributed by atoms with Crippen molar-refractivity contribution in [2.45, 2.75) is 0 Å². The summed E-state index contributed by atoms with van der Waals surface area (Å²) < 4.78 is 0.816. The van der Waals surface area contributed by atoms with Gasteiger partial charge in [0, 0.05) is 16.3 Å². The van der Waals surface area contributed by atoms with Gasteiger partial charge in [0.15, 0.2) is 0 Å². The van der Waals surface area contributed by atoms with Gasteiger partial charge in [-0.15, -0.1) is 0 Å². The zero-order valence-electron chi connectivity index (χ0n) is 9.24. The van der Waals surface area contributed by atoms with Crippen molar-refractivity contribution in [2.75, 3.05) is 5.73 Å². The molecule has 0 amide bonds. The predicted molar refractivity (Wildman–Crippen MR) is 78.7 cm³/mol. The van der Waals surface area contributed by atoms with E-state index in [4.69, 9.17) is 17.3 Å². The number of anilines is 1. The van der Waals surface area contributed by atoms with E-state index in [1.165, 1.54) is 0 Å². The first-order valence-electron chi connectivity index (χ1n) is 5.35. The highest BCUT2D eigenvalue weighted by molar-refractivity contribution is 9.10. The van der Waals surface area contributed by atoms with Crippen LogP contribution in [-0.4, -0.2) is 9.97 Å². The van der Waals surface area contributed by atoms with Crippen molar-refractivity contribution in [2.24, 2.45) is 0 Å². The number of hydrogen-bond acceptors (Lipinski definition) is 2. The maximum absolute atomic E-state index is 5.87. The third-order valence-corrected chi connectivity index (χ3v) is 3.83. The maximum Gasteiger partial charge on any atom is 0.138 e. The van der Waals surface area contributed by atoms with Gasteiger partial charge in [-0.1, -0.05) is 11.6 Å². The largest absolute Gasteiger partial charge is 0.398 e. The Labute approximate surface area is 117 Å². The predicted octanol–water partition coefficient (Wildman–Crippen LogP) is 4.23. The molecule has 0 unspecified atom stereocenters. The third kappa shape index (κ3) is 1.87. The minimum Gasteiger partial charge on any atom is -0.398 e. The third-order valence-electron chi connectivity index (χ3n) is 2.74. The summed E-state index contributed by atoms with van der Waals surface area (Å²) in [5.41, 5.74) is 9.28. The maximum atomic E-state index is 5.87. The lowest BCUT2D eigenvalue weighted by Crippen LogP contribution is -1.86. The number of nitrogens with two attached hydrogens (primary N) is 1. The highest BCUT2D eigenvalue weighted by Crippen LogP contribution is 2.30. The van der Waals surface area contributed by atoms with Gasteiger partial charge in [0.05, 0.1) is 9.99 Å². The van der Waals surface area contributed by atoms with E-state index in [0.29, 0.717) is 10.7 Å². The van der Waals surface area contributed by atoms with Crippen LogP contribution in [0.5, 0.6) is 0 Å². The molecule has 0 saturated carbocycles. The first-order valence-corrected chi connectivity index (χ1v) is 6.52. The summed E-state index contributed by atoms with van der Waals surface area (Å²) in [6, 6.07) is 11.3. The van der Waals surface area contributed by atoms with Crippen molar-refractivity contribution < 1.29 is 0 Å². The molecule has 0 aliphatic heterocycles. The lowest BCUT2D eigenvalue weighted by atomic mass is 10.2. The van der Waals surface area contributed by atoms with E-state index in [2.05, 4.69) is 25.9 Å². The molecule has 1 aromatic heterocycles. The first kappa shape index (κ1) is 11.6. The van der Waals surface area contributed by atoms with Gasteiger partial charge in [-0.05, 0) is 52.3 Å². The van der Waals surface area contributed by atoms with Crippen molar-refractivity contribution in [3.05, 3.63) is 45.9 Å². The van der Waals surface area contributed by atoms with E-state index in [9.17, 15) is 0 Å². The Morgan fingerprint density at radius 3 is 2.56 bits per heavy atom. The van der Waals surface area contributed by atoms with E-state index >= 15 is 0 Å². The molecule has 0 aliphatic carbocycles. The second-order valence-corrected chi connectivity index (χ2v) is 5.19. The highest BCUT2D eigenvalue weighted by Gasteiger charge is 2.09. The number of fused-ring (bicyclic) bond motifs is 1. The Hall–Kier alpha value is -1.52. The number of aromatic amines is 1. The number of nitrogens with zero attached hydrogens (tertiary/aromatic N) is 1. The molecule has 3 rings (SSSR count). The van der Waals surface area contributed by atoms with Crippen molar-refractivity contribution in [3.8, 4) is 11.4 Å². The van der Waals surface area contributed by atoms with Gasteiger partial charge in [-0.2, -0.15) is 0 Å². The van der Waals surface area contributed by atoms with E-state index in [1.807, 2.05) is 36.4 Å². The fourth-order valence-corrected chi connectivity index (χ4v) is 2.36. The fraction of sp³-hybridized carbons (Fsp3) is 0. The Kier molecular flexibility index (Phi) is 2.76. The van der Waals surface area contributed by atoms with Crippen molar-refractivity contribution in [1.29, 1.82) is 0 Å². The lowest BCUT2D eigenvalue weighted by Gasteiger charge is -1.96. The number of nitrogens with one attached hydrogen (secondary N) is 1. The van der Waals surface area contributed by atoms with Crippen LogP contribution >= 0.6 is 27.5 Å². The summed E-state index contributed by atoms with van der Waals surface area (Å²) in [7, 11) is 0. The Balaban J connectivity index is 2.19. The lowest BCUT2D eigenvalue weighted by molar-refractivity contribution is 1.33. The van der Waals surface area contributed by atoms with Gasteiger partial charge in [0.2, 0.25) is 0 Å². The smallest absolute Gasteiger partial charge is 0.138 e. The number of hydrogen-bond donors (Lipinski definition) is 2.